The van der Waals surface area contributed by atoms with E-state index >= 15 is 0 Å². The van der Waals surface area contributed by atoms with Crippen LogP contribution in [0.4, 0.5) is 5.82 Å². The second-order valence-corrected chi connectivity index (χ2v) is 3.99. The maximum absolute atomic E-state index is 5.82. The van der Waals surface area contributed by atoms with Gasteiger partial charge in [0.1, 0.15) is 5.52 Å². The average molecular weight is 256 g/mol. The molecule has 1 atom stereocenters. The fraction of sp³-hybridized carbons (Fsp3) is 0.500. The first-order chi connectivity index (χ1) is 8.20. The van der Waals surface area contributed by atoms with Crippen LogP contribution < -0.4 is 5.32 Å². The molecule has 1 unspecified atom stereocenters. The van der Waals surface area contributed by atoms with Crippen molar-refractivity contribution in [2.24, 2.45) is 0 Å². The quantitative estimate of drug-likeness (QED) is 0.798. The fourth-order valence-corrected chi connectivity index (χ4v) is 1.65. The first-order valence-electron chi connectivity index (χ1n) is 5.41. The van der Waals surface area contributed by atoms with Crippen molar-refractivity contribution < 1.29 is 4.74 Å². The van der Waals surface area contributed by atoms with Crippen LogP contribution in [0.5, 0.6) is 0 Å². The Balaban J connectivity index is 2.19. The summed E-state index contributed by atoms with van der Waals surface area (Å²) in [7, 11) is 0. The number of aromatic amines is 1. The number of imidazole rings is 1. The number of halogens is 1. The number of anilines is 1. The molecule has 2 rings (SSSR count). The standard InChI is InChI=1S/C10H14ClN5O/c1-3-17-4-6(2)14-9-7-8(13-5-12-7)15-10(11)16-9/h5-6H,3-4H2,1-2H3,(H2,12,13,14,15,16). The smallest absolute Gasteiger partial charge is 0.226 e. The summed E-state index contributed by atoms with van der Waals surface area (Å²) in [5, 5.41) is 3.39. The number of hydrogen-bond donors (Lipinski definition) is 2. The third kappa shape index (κ3) is 2.83. The molecule has 6 nitrogen and oxygen atoms in total. The Hall–Kier alpha value is -1.40. The zero-order valence-electron chi connectivity index (χ0n) is 9.70. The SMILES string of the molecule is CCOCC(C)Nc1nc(Cl)nc2nc[nH]c12. The lowest BCUT2D eigenvalue weighted by Crippen LogP contribution is -2.22. The zero-order chi connectivity index (χ0) is 12.3. The van der Waals surface area contributed by atoms with E-state index in [4.69, 9.17) is 16.3 Å². The zero-order valence-corrected chi connectivity index (χ0v) is 10.5. The summed E-state index contributed by atoms with van der Waals surface area (Å²) in [6.07, 6.45) is 1.56. The van der Waals surface area contributed by atoms with Crippen molar-refractivity contribution in [3.63, 3.8) is 0 Å². The number of rotatable bonds is 5. The molecule has 0 aromatic carbocycles. The number of aromatic nitrogens is 4. The van der Waals surface area contributed by atoms with E-state index in [-0.39, 0.29) is 11.3 Å². The molecule has 0 spiro atoms. The molecule has 0 aliphatic carbocycles. The van der Waals surface area contributed by atoms with Crippen molar-refractivity contribution in [2.45, 2.75) is 19.9 Å². The number of H-pyrrole nitrogens is 1. The van der Waals surface area contributed by atoms with Crippen molar-refractivity contribution in [2.75, 3.05) is 18.5 Å². The second-order valence-electron chi connectivity index (χ2n) is 3.65. The molecule has 0 saturated carbocycles. The van der Waals surface area contributed by atoms with Gasteiger partial charge in [0.05, 0.1) is 12.9 Å². The van der Waals surface area contributed by atoms with Gasteiger partial charge in [0, 0.05) is 12.6 Å². The first kappa shape index (κ1) is 12.1. The third-order valence-corrected chi connectivity index (χ3v) is 2.38. The highest BCUT2D eigenvalue weighted by Crippen LogP contribution is 2.19. The van der Waals surface area contributed by atoms with Gasteiger partial charge in [-0.2, -0.15) is 9.97 Å². The van der Waals surface area contributed by atoms with Crippen LogP contribution in [0.2, 0.25) is 5.28 Å². The highest BCUT2D eigenvalue weighted by Gasteiger charge is 2.11. The van der Waals surface area contributed by atoms with Crippen molar-refractivity contribution in [1.82, 2.24) is 19.9 Å². The van der Waals surface area contributed by atoms with Crippen LogP contribution in [-0.2, 0) is 4.74 Å². The predicted molar refractivity (Wildman–Crippen MR) is 66.3 cm³/mol. The predicted octanol–water partition coefficient (Wildman–Crippen LogP) is 1.84. The fourth-order valence-electron chi connectivity index (χ4n) is 1.48. The van der Waals surface area contributed by atoms with Crippen LogP contribution in [-0.4, -0.2) is 39.2 Å². The summed E-state index contributed by atoms with van der Waals surface area (Å²) < 4.78 is 5.33. The number of nitrogens with zero attached hydrogens (tertiary/aromatic N) is 3. The van der Waals surface area contributed by atoms with Gasteiger partial charge in [-0.1, -0.05) is 0 Å². The van der Waals surface area contributed by atoms with Crippen LogP contribution in [0, 0.1) is 0 Å². The number of fused-ring (bicyclic) bond motifs is 1. The van der Waals surface area contributed by atoms with Crippen molar-refractivity contribution in [1.29, 1.82) is 0 Å². The first-order valence-corrected chi connectivity index (χ1v) is 5.79. The Kier molecular flexibility index (Phi) is 3.75. The van der Waals surface area contributed by atoms with Gasteiger partial charge < -0.3 is 15.0 Å². The maximum Gasteiger partial charge on any atom is 0.226 e. The van der Waals surface area contributed by atoms with Crippen molar-refractivity contribution in [3.8, 4) is 0 Å². The number of hydrogen-bond acceptors (Lipinski definition) is 5. The summed E-state index contributed by atoms with van der Waals surface area (Å²) in [6, 6.07) is 0.132. The van der Waals surface area contributed by atoms with Crippen LogP contribution in [0.3, 0.4) is 0 Å². The minimum absolute atomic E-state index is 0.132. The highest BCUT2D eigenvalue weighted by molar-refractivity contribution is 6.28. The molecular weight excluding hydrogens is 242 g/mol. The van der Waals surface area contributed by atoms with E-state index in [0.29, 0.717) is 24.7 Å². The molecule has 0 amide bonds. The molecule has 0 saturated heterocycles. The molecule has 2 aromatic rings. The average Bonchev–Trinajstić information content (AvgIpc) is 2.74. The maximum atomic E-state index is 5.82. The summed E-state index contributed by atoms with van der Waals surface area (Å²) in [6.45, 7) is 5.26. The lowest BCUT2D eigenvalue weighted by Gasteiger charge is -2.14. The van der Waals surface area contributed by atoms with Gasteiger partial charge in [0.25, 0.3) is 0 Å². The Bertz CT molecular complexity index is 500. The normalized spacial score (nSPS) is 12.9. The molecule has 17 heavy (non-hydrogen) atoms. The molecule has 2 heterocycles. The van der Waals surface area contributed by atoms with E-state index in [1.165, 1.54) is 0 Å². The molecule has 0 fully saturated rings. The van der Waals surface area contributed by atoms with Gasteiger partial charge >= 0.3 is 0 Å². The second kappa shape index (κ2) is 5.29. The summed E-state index contributed by atoms with van der Waals surface area (Å²) >= 11 is 5.82. The molecule has 0 aliphatic rings. The van der Waals surface area contributed by atoms with Gasteiger partial charge in [0.2, 0.25) is 5.28 Å². The molecule has 2 N–H and O–H groups in total. The van der Waals surface area contributed by atoms with E-state index < -0.39 is 0 Å². The van der Waals surface area contributed by atoms with E-state index in [0.717, 1.165) is 5.52 Å². The molecule has 0 aliphatic heterocycles. The minimum atomic E-state index is 0.132. The summed E-state index contributed by atoms with van der Waals surface area (Å²) in [5.41, 5.74) is 1.30. The summed E-state index contributed by atoms with van der Waals surface area (Å²) in [4.78, 5) is 15.2. The van der Waals surface area contributed by atoms with Gasteiger partial charge in [-0.3, -0.25) is 0 Å². The van der Waals surface area contributed by atoms with Gasteiger partial charge in [-0.25, -0.2) is 4.98 Å². The molecule has 92 valence electrons. The van der Waals surface area contributed by atoms with Gasteiger partial charge in [0.15, 0.2) is 11.5 Å². The van der Waals surface area contributed by atoms with E-state index in [9.17, 15) is 0 Å². The van der Waals surface area contributed by atoms with Crippen molar-refractivity contribution >= 4 is 28.6 Å². The Morgan fingerprint density at radius 1 is 1.53 bits per heavy atom. The number of ether oxygens (including phenoxy) is 1. The topological polar surface area (TPSA) is 75.7 Å². The molecular formula is C10H14ClN5O. The van der Waals surface area contributed by atoms with Crippen molar-refractivity contribution in [3.05, 3.63) is 11.6 Å². The largest absolute Gasteiger partial charge is 0.380 e. The Morgan fingerprint density at radius 2 is 2.35 bits per heavy atom. The molecule has 2 aromatic heterocycles. The molecule has 0 bridgehead atoms. The molecule has 7 heteroatoms. The van der Waals surface area contributed by atoms with Gasteiger partial charge in [-0.05, 0) is 25.4 Å². The van der Waals surface area contributed by atoms with Crippen LogP contribution in [0.25, 0.3) is 11.2 Å². The third-order valence-electron chi connectivity index (χ3n) is 2.21. The van der Waals surface area contributed by atoms with Crippen LogP contribution in [0.1, 0.15) is 13.8 Å². The molecule has 0 radical (unpaired) electrons. The monoisotopic (exact) mass is 255 g/mol. The van der Waals surface area contributed by atoms with Crippen LogP contribution in [0.15, 0.2) is 6.33 Å². The minimum Gasteiger partial charge on any atom is -0.380 e. The Morgan fingerprint density at radius 3 is 3.12 bits per heavy atom. The van der Waals surface area contributed by atoms with E-state index in [1.807, 2.05) is 13.8 Å². The highest BCUT2D eigenvalue weighted by atomic mass is 35.5. The lowest BCUT2D eigenvalue weighted by molar-refractivity contribution is 0.141. The summed E-state index contributed by atoms with van der Waals surface area (Å²) in [5.74, 6) is 0.643. The number of nitrogens with one attached hydrogen (secondary N) is 2. The Labute approximate surface area is 104 Å². The van der Waals surface area contributed by atoms with E-state index in [2.05, 4.69) is 25.3 Å². The van der Waals surface area contributed by atoms with Crippen LogP contribution >= 0.6 is 11.6 Å². The van der Waals surface area contributed by atoms with Gasteiger partial charge in [-0.15, -0.1) is 0 Å². The van der Waals surface area contributed by atoms with E-state index in [1.54, 1.807) is 6.33 Å². The lowest BCUT2D eigenvalue weighted by atomic mass is 10.3.